The van der Waals surface area contributed by atoms with Crippen molar-refractivity contribution in [1.82, 2.24) is 0 Å². The highest BCUT2D eigenvalue weighted by Gasteiger charge is 2.46. The summed E-state index contributed by atoms with van der Waals surface area (Å²) in [5.41, 5.74) is 0. The van der Waals surface area contributed by atoms with E-state index in [1.807, 2.05) is 0 Å². The van der Waals surface area contributed by atoms with Gasteiger partial charge >= 0.3 is 11.9 Å². The molecule has 1 aliphatic heterocycles. The minimum atomic E-state index is -4.61. The quantitative estimate of drug-likeness (QED) is 0.0199. The summed E-state index contributed by atoms with van der Waals surface area (Å²) >= 11 is 0. The van der Waals surface area contributed by atoms with Gasteiger partial charge in [-0.3, -0.25) is 14.1 Å². The van der Waals surface area contributed by atoms with Gasteiger partial charge in [0.05, 0.1) is 6.61 Å². The van der Waals surface area contributed by atoms with Crippen LogP contribution in [0.25, 0.3) is 0 Å². The number of hydrogen-bond acceptors (Lipinski definition) is 11. The van der Waals surface area contributed by atoms with Crippen molar-refractivity contribution < 1.29 is 56.8 Å². The van der Waals surface area contributed by atoms with Crippen molar-refractivity contribution in [3.8, 4) is 0 Å². The maximum absolute atomic E-state index is 12.8. The monoisotopic (exact) mass is 895 g/mol. The largest absolute Gasteiger partial charge is 0.462 e. The summed E-state index contributed by atoms with van der Waals surface area (Å²) in [6, 6.07) is 0. The van der Waals surface area contributed by atoms with E-state index < -0.39 is 71.2 Å². The maximum atomic E-state index is 12.8. The highest BCUT2D eigenvalue weighted by molar-refractivity contribution is 7.85. The van der Waals surface area contributed by atoms with Crippen molar-refractivity contribution in [2.75, 3.05) is 19.0 Å². The van der Waals surface area contributed by atoms with Gasteiger partial charge in [0.2, 0.25) is 0 Å². The molecule has 0 aliphatic carbocycles. The minimum absolute atomic E-state index is 0.122. The normalized spacial score (nSPS) is 20.5. The van der Waals surface area contributed by atoms with Gasteiger partial charge in [0.25, 0.3) is 10.1 Å². The molecule has 0 saturated carbocycles. The summed E-state index contributed by atoms with van der Waals surface area (Å²) in [7, 11) is -4.61. The summed E-state index contributed by atoms with van der Waals surface area (Å²) in [5, 5.41) is 30.9. The zero-order valence-electron chi connectivity index (χ0n) is 37.9. The molecule has 0 aromatic rings. The fourth-order valence-electron chi connectivity index (χ4n) is 6.62. The number of aliphatic hydroxyl groups excluding tert-OH is 3. The SMILES string of the molecule is CC/C=C/C/C=C/C/C=C/C/C=C/C/C=C/CCCCCC(=O)O[C@H](COC(=O)CCCCCCCCCCC/C=C/CCCC)CO[C@H]1O[C@H](CS(=O)(=O)O)[C@@H](O)C(O)C1O. The Balaban J connectivity index is 2.46. The van der Waals surface area contributed by atoms with Crippen LogP contribution in [0.15, 0.2) is 72.9 Å². The number of allylic oxidation sites excluding steroid dienone is 12. The highest BCUT2D eigenvalue weighted by atomic mass is 32.2. The van der Waals surface area contributed by atoms with Gasteiger partial charge in [0.1, 0.15) is 36.8 Å². The fourth-order valence-corrected chi connectivity index (χ4v) is 7.32. The van der Waals surface area contributed by atoms with Crippen molar-refractivity contribution in [2.24, 2.45) is 0 Å². The van der Waals surface area contributed by atoms with E-state index in [0.29, 0.717) is 12.8 Å². The van der Waals surface area contributed by atoms with Crippen LogP contribution in [0.1, 0.15) is 168 Å². The third kappa shape index (κ3) is 32.7. The molecule has 62 heavy (non-hydrogen) atoms. The smallest absolute Gasteiger partial charge is 0.306 e. The Labute approximate surface area is 374 Å². The van der Waals surface area contributed by atoms with E-state index in [1.165, 1.54) is 51.4 Å². The second-order valence-electron chi connectivity index (χ2n) is 16.0. The number of unbranched alkanes of at least 4 members (excludes halogenated alkanes) is 14. The number of ether oxygens (including phenoxy) is 4. The van der Waals surface area contributed by atoms with Crippen LogP contribution in [0.5, 0.6) is 0 Å². The first-order chi connectivity index (χ1) is 30.0. The predicted octanol–water partition coefficient (Wildman–Crippen LogP) is 9.89. The van der Waals surface area contributed by atoms with E-state index >= 15 is 0 Å². The number of carbonyl (C=O) groups is 2. The lowest BCUT2D eigenvalue weighted by Gasteiger charge is -2.40. The Bertz CT molecular complexity index is 1420. The summed E-state index contributed by atoms with van der Waals surface area (Å²) in [5.74, 6) is -2.04. The molecule has 0 aromatic carbocycles. The van der Waals surface area contributed by atoms with Crippen LogP contribution in [0.2, 0.25) is 0 Å². The molecule has 1 aliphatic rings. The molecule has 0 bridgehead atoms. The van der Waals surface area contributed by atoms with Gasteiger partial charge < -0.3 is 34.3 Å². The number of rotatable bonds is 38. The van der Waals surface area contributed by atoms with Crippen LogP contribution < -0.4 is 0 Å². The molecular weight excluding hydrogens is 813 g/mol. The van der Waals surface area contributed by atoms with Crippen molar-refractivity contribution in [2.45, 2.75) is 205 Å². The lowest BCUT2D eigenvalue weighted by molar-refractivity contribution is -0.297. The van der Waals surface area contributed by atoms with Crippen molar-refractivity contribution in [1.29, 1.82) is 0 Å². The summed E-state index contributed by atoms with van der Waals surface area (Å²) < 4.78 is 54.1. The third-order valence-electron chi connectivity index (χ3n) is 10.3. The van der Waals surface area contributed by atoms with Crippen LogP contribution in [0.4, 0.5) is 0 Å². The Morgan fingerprint density at radius 2 is 1.02 bits per heavy atom. The Morgan fingerprint density at radius 3 is 1.55 bits per heavy atom. The first kappa shape index (κ1) is 57.1. The fraction of sp³-hybridized carbons (Fsp3) is 0.714. The Hall–Kier alpha value is -2.91. The maximum Gasteiger partial charge on any atom is 0.306 e. The third-order valence-corrected chi connectivity index (χ3v) is 11.0. The Morgan fingerprint density at radius 1 is 0.565 bits per heavy atom. The average Bonchev–Trinajstić information content (AvgIpc) is 3.24. The molecule has 0 radical (unpaired) electrons. The zero-order chi connectivity index (χ0) is 45.5. The molecule has 6 atom stereocenters. The average molecular weight is 895 g/mol. The molecule has 356 valence electrons. The molecular formula is C49H82O12S. The van der Waals surface area contributed by atoms with Crippen LogP contribution in [-0.4, -0.2) is 96.0 Å². The van der Waals surface area contributed by atoms with E-state index in [1.54, 1.807) is 0 Å². The second-order valence-corrected chi connectivity index (χ2v) is 17.5. The first-order valence-electron chi connectivity index (χ1n) is 23.5. The lowest BCUT2D eigenvalue weighted by Crippen LogP contribution is -2.60. The van der Waals surface area contributed by atoms with Crippen LogP contribution in [-0.2, 0) is 38.7 Å². The van der Waals surface area contributed by atoms with Crippen LogP contribution >= 0.6 is 0 Å². The van der Waals surface area contributed by atoms with Crippen LogP contribution in [0, 0.1) is 0 Å². The molecule has 1 heterocycles. The summed E-state index contributed by atoms with van der Waals surface area (Å²) in [6.07, 6.45) is 39.4. The number of carbonyl (C=O) groups excluding carboxylic acids is 2. The topological polar surface area (TPSA) is 186 Å². The van der Waals surface area contributed by atoms with Gasteiger partial charge in [-0.1, -0.05) is 151 Å². The molecule has 0 aromatic heterocycles. The standard InChI is InChI=1S/C49H82O12S/c1-3-5-7-9-11-13-15-17-19-20-21-22-24-26-28-30-32-34-36-38-45(51)60-42(40-59-49-48(54)47(53)46(52)43(61-49)41-62(55,56)57)39-58-44(50)37-35-33-31-29-27-25-23-18-16-14-12-10-8-6-4-2/h5,7,10-13,17,19,21-22,26,28,42-43,46-49,52-54H,3-4,6,8-9,14-16,18,20,23-25,27,29-41H2,1-2H3,(H,55,56,57)/b7-5+,12-10+,13-11+,19-17+,22-21+,28-26+/t42-,43-,46-,47?,48?,49+/m1/s1. The van der Waals surface area contributed by atoms with Gasteiger partial charge in [-0.2, -0.15) is 8.42 Å². The van der Waals surface area contributed by atoms with E-state index in [0.717, 1.165) is 77.0 Å². The van der Waals surface area contributed by atoms with Gasteiger partial charge in [-0.25, -0.2) is 0 Å². The van der Waals surface area contributed by atoms with E-state index in [2.05, 4.69) is 86.8 Å². The molecule has 1 rings (SSSR count). The molecule has 2 unspecified atom stereocenters. The molecule has 1 fully saturated rings. The molecule has 0 amide bonds. The van der Waals surface area contributed by atoms with Crippen molar-refractivity contribution in [3.05, 3.63) is 72.9 Å². The number of aliphatic hydroxyl groups is 3. The van der Waals surface area contributed by atoms with Crippen molar-refractivity contribution >= 4 is 22.1 Å². The molecule has 0 spiro atoms. The molecule has 4 N–H and O–H groups in total. The Kier molecular flexibility index (Phi) is 35.5. The molecule has 13 heteroatoms. The lowest BCUT2D eigenvalue weighted by atomic mass is 10.00. The van der Waals surface area contributed by atoms with E-state index in [9.17, 15) is 37.9 Å². The zero-order valence-corrected chi connectivity index (χ0v) is 38.8. The number of esters is 2. The van der Waals surface area contributed by atoms with Crippen LogP contribution in [0.3, 0.4) is 0 Å². The van der Waals surface area contributed by atoms with E-state index in [-0.39, 0.29) is 19.4 Å². The van der Waals surface area contributed by atoms with Gasteiger partial charge in [-0.15, -0.1) is 0 Å². The summed E-state index contributed by atoms with van der Waals surface area (Å²) in [6.45, 7) is 3.58. The van der Waals surface area contributed by atoms with Gasteiger partial charge in [0.15, 0.2) is 12.4 Å². The highest BCUT2D eigenvalue weighted by Crippen LogP contribution is 2.24. The van der Waals surface area contributed by atoms with E-state index in [4.69, 9.17) is 18.9 Å². The first-order valence-corrected chi connectivity index (χ1v) is 25.1. The van der Waals surface area contributed by atoms with Gasteiger partial charge in [0, 0.05) is 12.8 Å². The molecule has 1 saturated heterocycles. The molecule has 12 nitrogen and oxygen atoms in total. The van der Waals surface area contributed by atoms with Gasteiger partial charge in [-0.05, 0) is 77.0 Å². The summed E-state index contributed by atoms with van der Waals surface area (Å²) in [4.78, 5) is 25.4. The second kappa shape index (κ2) is 38.5. The van der Waals surface area contributed by atoms with Crippen molar-refractivity contribution in [3.63, 3.8) is 0 Å². The number of hydrogen-bond donors (Lipinski definition) is 4. The predicted molar refractivity (Wildman–Crippen MR) is 247 cm³/mol. The minimum Gasteiger partial charge on any atom is -0.462 e.